The largest absolute Gasteiger partial charge is 0.380 e. The average molecular weight is 276 g/mol. The summed E-state index contributed by atoms with van der Waals surface area (Å²) in [4.78, 5) is -0.247. The third-order valence-corrected chi connectivity index (χ3v) is 3.21. The standard InChI is InChI=1S/C11H17FN2O3S/c1-3-17-8(2)7-14-11-5-4-9(6-10(11)12)18(13,15)16/h4-6,8,14H,3,7H2,1-2H3,(H2,13,15,16). The van der Waals surface area contributed by atoms with Gasteiger partial charge in [-0.2, -0.15) is 0 Å². The molecule has 0 aliphatic rings. The molecule has 7 heteroatoms. The van der Waals surface area contributed by atoms with Gasteiger partial charge in [-0.3, -0.25) is 0 Å². The van der Waals surface area contributed by atoms with Crippen LogP contribution in [-0.2, 0) is 14.8 Å². The normalized spacial score (nSPS) is 13.3. The van der Waals surface area contributed by atoms with Crippen LogP contribution in [0.1, 0.15) is 13.8 Å². The minimum atomic E-state index is -3.87. The Morgan fingerprint density at radius 2 is 2.17 bits per heavy atom. The van der Waals surface area contributed by atoms with Crippen molar-refractivity contribution in [1.82, 2.24) is 0 Å². The van der Waals surface area contributed by atoms with Crippen molar-refractivity contribution < 1.29 is 17.5 Å². The number of ether oxygens (including phenoxy) is 1. The molecule has 0 aromatic heterocycles. The minimum absolute atomic E-state index is 0.0627. The van der Waals surface area contributed by atoms with Crippen LogP contribution in [0.4, 0.5) is 10.1 Å². The van der Waals surface area contributed by atoms with Crippen LogP contribution in [0, 0.1) is 5.82 Å². The minimum Gasteiger partial charge on any atom is -0.380 e. The molecule has 0 saturated carbocycles. The molecule has 0 aliphatic heterocycles. The molecule has 1 atom stereocenters. The van der Waals surface area contributed by atoms with E-state index < -0.39 is 15.8 Å². The Balaban J connectivity index is 2.75. The highest BCUT2D eigenvalue weighted by Crippen LogP contribution is 2.18. The third-order valence-electron chi connectivity index (χ3n) is 2.30. The third kappa shape index (κ3) is 4.25. The quantitative estimate of drug-likeness (QED) is 0.821. The van der Waals surface area contributed by atoms with Crippen molar-refractivity contribution in [3.63, 3.8) is 0 Å². The zero-order valence-electron chi connectivity index (χ0n) is 10.3. The Kier molecular flexibility index (Phi) is 5.06. The van der Waals surface area contributed by atoms with Gasteiger partial charge in [0, 0.05) is 13.2 Å². The Morgan fingerprint density at radius 3 is 2.67 bits per heavy atom. The second-order valence-corrected chi connectivity index (χ2v) is 5.39. The zero-order chi connectivity index (χ0) is 13.8. The van der Waals surface area contributed by atoms with Gasteiger partial charge in [-0.15, -0.1) is 0 Å². The molecule has 1 rings (SSSR count). The lowest BCUT2D eigenvalue weighted by Gasteiger charge is -2.14. The molecule has 0 saturated heterocycles. The first kappa shape index (κ1) is 14.9. The molecule has 0 radical (unpaired) electrons. The summed E-state index contributed by atoms with van der Waals surface area (Å²) >= 11 is 0. The van der Waals surface area contributed by atoms with Gasteiger partial charge >= 0.3 is 0 Å². The van der Waals surface area contributed by atoms with Crippen LogP contribution in [0.5, 0.6) is 0 Å². The first-order chi connectivity index (χ1) is 8.34. The Bertz CT molecular complexity index is 505. The highest BCUT2D eigenvalue weighted by molar-refractivity contribution is 7.89. The highest BCUT2D eigenvalue weighted by atomic mass is 32.2. The van der Waals surface area contributed by atoms with E-state index in [1.54, 1.807) is 0 Å². The number of nitrogens with two attached hydrogens (primary N) is 1. The number of primary sulfonamides is 1. The van der Waals surface area contributed by atoms with Gasteiger partial charge in [0.05, 0.1) is 16.7 Å². The van der Waals surface area contributed by atoms with Crippen molar-refractivity contribution in [3.8, 4) is 0 Å². The predicted octanol–water partition coefficient (Wildman–Crippen LogP) is 1.31. The van der Waals surface area contributed by atoms with Crippen molar-refractivity contribution in [2.24, 2.45) is 5.14 Å². The molecule has 0 spiro atoms. The maximum atomic E-state index is 13.6. The van der Waals surface area contributed by atoms with Gasteiger partial charge in [0.2, 0.25) is 10.0 Å². The van der Waals surface area contributed by atoms with Gasteiger partial charge < -0.3 is 10.1 Å². The lowest BCUT2D eigenvalue weighted by Crippen LogP contribution is -2.20. The summed E-state index contributed by atoms with van der Waals surface area (Å²) in [5.74, 6) is -0.662. The molecule has 1 aromatic carbocycles. The van der Waals surface area contributed by atoms with Crippen LogP contribution < -0.4 is 10.5 Å². The molecular formula is C11H17FN2O3S. The Morgan fingerprint density at radius 1 is 1.50 bits per heavy atom. The van der Waals surface area contributed by atoms with Crippen molar-refractivity contribution >= 4 is 15.7 Å². The van der Waals surface area contributed by atoms with Crippen LogP contribution >= 0.6 is 0 Å². The molecule has 0 amide bonds. The second-order valence-electron chi connectivity index (χ2n) is 3.83. The molecule has 0 bridgehead atoms. The van der Waals surface area contributed by atoms with Crippen LogP contribution in [0.2, 0.25) is 0 Å². The first-order valence-electron chi connectivity index (χ1n) is 5.52. The van der Waals surface area contributed by atoms with Gasteiger partial charge in [0.25, 0.3) is 0 Å². The molecule has 1 unspecified atom stereocenters. The number of sulfonamides is 1. The molecule has 0 aliphatic carbocycles. The second kappa shape index (κ2) is 6.12. The molecule has 5 nitrogen and oxygen atoms in total. The van der Waals surface area contributed by atoms with Crippen molar-refractivity contribution in [3.05, 3.63) is 24.0 Å². The van der Waals surface area contributed by atoms with Gasteiger partial charge in [0.15, 0.2) is 0 Å². The van der Waals surface area contributed by atoms with Gasteiger partial charge in [0.1, 0.15) is 5.82 Å². The van der Waals surface area contributed by atoms with E-state index in [9.17, 15) is 12.8 Å². The maximum Gasteiger partial charge on any atom is 0.238 e. The SMILES string of the molecule is CCOC(C)CNc1ccc(S(N)(=O)=O)cc1F. The summed E-state index contributed by atoms with van der Waals surface area (Å²) < 4.78 is 40.9. The smallest absolute Gasteiger partial charge is 0.238 e. The Labute approximate surface area is 106 Å². The molecule has 0 heterocycles. The number of nitrogens with one attached hydrogen (secondary N) is 1. The maximum absolute atomic E-state index is 13.6. The summed E-state index contributed by atoms with van der Waals surface area (Å²) in [6.07, 6.45) is -0.0627. The Hall–Kier alpha value is -1.18. The predicted molar refractivity (Wildman–Crippen MR) is 67.4 cm³/mol. The number of rotatable bonds is 6. The first-order valence-corrected chi connectivity index (χ1v) is 7.07. The van der Waals surface area contributed by atoms with E-state index in [1.807, 2.05) is 13.8 Å². The summed E-state index contributed by atoms with van der Waals surface area (Å²) in [5.41, 5.74) is 0.217. The van der Waals surface area contributed by atoms with Crippen molar-refractivity contribution in [1.29, 1.82) is 0 Å². The number of benzene rings is 1. The van der Waals surface area contributed by atoms with Gasteiger partial charge in [-0.05, 0) is 32.0 Å². The van der Waals surface area contributed by atoms with E-state index in [1.165, 1.54) is 12.1 Å². The summed E-state index contributed by atoms with van der Waals surface area (Å²) in [7, 11) is -3.87. The fraction of sp³-hybridized carbons (Fsp3) is 0.455. The van der Waals surface area contributed by atoms with E-state index in [4.69, 9.17) is 9.88 Å². The van der Waals surface area contributed by atoms with E-state index in [-0.39, 0.29) is 16.7 Å². The van der Waals surface area contributed by atoms with Crippen molar-refractivity contribution in [2.75, 3.05) is 18.5 Å². The molecule has 18 heavy (non-hydrogen) atoms. The number of halogens is 1. The van der Waals surface area contributed by atoms with Crippen molar-refractivity contribution in [2.45, 2.75) is 24.8 Å². The average Bonchev–Trinajstić information content (AvgIpc) is 2.26. The van der Waals surface area contributed by atoms with E-state index >= 15 is 0 Å². The molecule has 102 valence electrons. The highest BCUT2D eigenvalue weighted by Gasteiger charge is 2.11. The van der Waals surface area contributed by atoms with E-state index in [0.29, 0.717) is 13.2 Å². The van der Waals surface area contributed by atoms with Gasteiger partial charge in [-0.25, -0.2) is 17.9 Å². The van der Waals surface area contributed by atoms with Crippen LogP contribution in [0.3, 0.4) is 0 Å². The van der Waals surface area contributed by atoms with E-state index in [0.717, 1.165) is 6.07 Å². The molecule has 0 fully saturated rings. The summed E-state index contributed by atoms with van der Waals surface area (Å²) in [6.45, 7) is 4.74. The molecule has 3 N–H and O–H groups in total. The number of hydrogen-bond acceptors (Lipinski definition) is 4. The fourth-order valence-corrected chi connectivity index (χ4v) is 1.94. The van der Waals surface area contributed by atoms with Crippen LogP contribution in [0.15, 0.2) is 23.1 Å². The van der Waals surface area contributed by atoms with E-state index in [2.05, 4.69) is 5.32 Å². The lowest BCUT2D eigenvalue weighted by atomic mass is 10.3. The fourth-order valence-electron chi connectivity index (χ4n) is 1.41. The molecular weight excluding hydrogens is 259 g/mol. The van der Waals surface area contributed by atoms with Gasteiger partial charge in [-0.1, -0.05) is 0 Å². The zero-order valence-corrected chi connectivity index (χ0v) is 11.1. The summed E-state index contributed by atoms with van der Waals surface area (Å²) in [5, 5.41) is 7.74. The lowest BCUT2D eigenvalue weighted by molar-refractivity contribution is 0.0855. The topological polar surface area (TPSA) is 81.4 Å². The summed E-state index contributed by atoms with van der Waals surface area (Å²) in [6, 6.07) is 3.49. The number of anilines is 1. The van der Waals surface area contributed by atoms with Crippen LogP contribution in [0.25, 0.3) is 0 Å². The molecule has 1 aromatic rings. The van der Waals surface area contributed by atoms with Crippen LogP contribution in [-0.4, -0.2) is 27.7 Å². The number of hydrogen-bond donors (Lipinski definition) is 2. The monoisotopic (exact) mass is 276 g/mol.